The maximum Gasteiger partial charge on any atom is 0.359 e. The normalized spacial score (nSPS) is 11.8. The minimum Gasteiger partial charge on any atom is -0.451 e. The summed E-state index contributed by atoms with van der Waals surface area (Å²) in [6, 6.07) is 13.3. The highest BCUT2D eigenvalue weighted by atomic mass is 35.5. The number of nitrogens with one attached hydrogen (secondary N) is 2. The lowest BCUT2D eigenvalue weighted by molar-refractivity contribution is -0.124. The van der Waals surface area contributed by atoms with Crippen molar-refractivity contribution in [3.63, 3.8) is 0 Å². The van der Waals surface area contributed by atoms with Crippen LogP contribution in [0.4, 0.5) is 0 Å². The van der Waals surface area contributed by atoms with Crippen molar-refractivity contribution in [3.8, 4) is 0 Å². The summed E-state index contributed by atoms with van der Waals surface area (Å²) in [5.41, 5.74) is 0.290. The zero-order valence-corrected chi connectivity index (χ0v) is 15.1. The molecule has 2 N–H and O–H groups in total. The summed E-state index contributed by atoms with van der Waals surface area (Å²) in [6.45, 7) is 1.29. The van der Waals surface area contributed by atoms with Crippen LogP contribution in [-0.2, 0) is 9.53 Å². The summed E-state index contributed by atoms with van der Waals surface area (Å²) in [7, 11) is 0. The number of amides is 1. The van der Waals surface area contributed by atoms with Crippen molar-refractivity contribution in [1.29, 1.82) is 0 Å². The van der Waals surface area contributed by atoms with Crippen molar-refractivity contribution in [2.24, 2.45) is 0 Å². The number of fused-ring (bicyclic) bond motifs is 1. The van der Waals surface area contributed by atoms with E-state index in [2.05, 4.69) is 15.5 Å². The van der Waals surface area contributed by atoms with Crippen molar-refractivity contribution in [3.05, 3.63) is 75.2 Å². The Morgan fingerprint density at radius 1 is 1.15 bits per heavy atom. The Bertz CT molecular complexity index is 1060. The van der Waals surface area contributed by atoms with Gasteiger partial charge in [0.2, 0.25) is 0 Å². The lowest BCUT2D eigenvalue weighted by Gasteiger charge is -2.15. The monoisotopic (exact) mass is 385 g/mol. The first-order valence-electron chi connectivity index (χ1n) is 8.15. The first-order valence-corrected chi connectivity index (χ1v) is 8.53. The summed E-state index contributed by atoms with van der Waals surface area (Å²) in [5, 5.41) is 9.91. The molecule has 27 heavy (non-hydrogen) atoms. The second kappa shape index (κ2) is 8.01. The Morgan fingerprint density at radius 2 is 1.81 bits per heavy atom. The SMILES string of the molecule is C[C@H](NC(=O)COC(=O)c1n[nH]c(=O)c2ccccc12)c1ccccc1Cl. The number of carbonyl (C=O) groups is 2. The number of aromatic amines is 1. The minimum absolute atomic E-state index is 0.0582. The third-order valence-electron chi connectivity index (χ3n) is 3.97. The molecule has 0 aliphatic carbocycles. The van der Waals surface area contributed by atoms with Gasteiger partial charge in [-0.15, -0.1) is 0 Å². The van der Waals surface area contributed by atoms with Gasteiger partial charge in [-0.05, 0) is 24.6 Å². The van der Waals surface area contributed by atoms with Crippen LogP contribution in [0.2, 0.25) is 5.02 Å². The standard InChI is InChI=1S/C19H16ClN3O4/c1-11(12-6-4-5-9-15(12)20)21-16(24)10-27-19(26)17-13-7-2-3-8-14(13)18(25)23-22-17/h2-9,11H,10H2,1H3,(H,21,24)(H,23,25)/t11-/m0/s1. The van der Waals surface area contributed by atoms with Gasteiger partial charge in [-0.25, -0.2) is 9.89 Å². The average Bonchev–Trinajstić information content (AvgIpc) is 2.67. The van der Waals surface area contributed by atoms with Gasteiger partial charge in [0, 0.05) is 10.4 Å². The number of nitrogens with zero attached hydrogens (tertiary/aromatic N) is 1. The van der Waals surface area contributed by atoms with Crippen LogP contribution < -0.4 is 10.9 Å². The van der Waals surface area contributed by atoms with Gasteiger partial charge < -0.3 is 10.1 Å². The molecule has 0 spiro atoms. The van der Waals surface area contributed by atoms with Gasteiger partial charge >= 0.3 is 5.97 Å². The van der Waals surface area contributed by atoms with Crippen LogP contribution in [0, 0.1) is 0 Å². The van der Waals surface area contributed by atoms with Gasteiger partial charge in [0.15, 0.2) is 12.3 Å². The predicted molar refractivity (Wildman–Crippen MR) is 101 cm³/mol. The van der Waals surface area contributed by atoms with Crippen LogP contribution in [0.3, 0.4) is 0 Å². The van der Waals surface area contributed by atoms with Crippen LogP contribution >= 0.6 is 11.6 Å². The van der Waals surface area contributed by atoms with Crippen molar-refractivity contribution in [2.45, 2.75) is 13.0 Å². The van der Waals surface area contributed by atoms with Crippen LogP contribution in [0.15, 0.2) is 53.3 Å². The number of aromatic nitrogens is 2. The van der Waals surface area contributed by atoms with E-state index in [4.69, 9.17) is 16.3 Å². The van der Waals surface area contributed by atoms with E-state index in [1.165, 1.54) is 0 Å². The molecule has 1 amide bonds. The predicted octanol–water partition coefficient (Wildman–Crippen LogP) is 2.61. The molecule has 0 saturated heterocycles. The van der Waals surface area contributed by atoms with Gasteiger partial charge in [0.05, 0.1) is 11.4 Å². The van der Waals surface area contributed by atoms with Crippen LogP contribution in [0.5, 0.6) is 0 Å². The molecule has 0 aliphatic rings. The van der Waals surface area contributed by atoms with Crippen LogP contribution in [-0.4, -0.2) is 28.7 Å². The molecule has 1 heterocycles. The highest BCUT2D eigenvalue weighted by Crippen LogP contribution is 2.22. The Hall–Kier alpha value is -3.19. The number of ether oxygens (including phenoxy) is 1. The first kappa shape index (κ1) is 18.6. The Kier molecular flexibility index (Phi) is 5.52. The van der Waals surface area contributed by atoms with E-state index in [1.807, 2.05) is 6.07 Å². The second-order valence-corrected chi connectivity index (χ2v) is 6.24. The lowest BCUT2D eigenvalue weighted by atomic mass is 10.1. The molecule has 3 rings (SSSR count). The van der Waals surface area contributed by atoms with E-state index < -0.39 is 24.0 Å². The molecule has 0 bridgehead atoms. The molecule has 1 atom stereocenters. The van der Waals surface area contributed by atoms with Crippen molar-refractivity contribution < 1.29 is 14.3 Å². The Labute approximate surface area is 159 Å². The second-order valence-electron chi connectivity index (χ2n) is 5.83. The molecule has 0 fully saturated rings. The van der Waals surface area contributed by atoms with Crippen molar-refractivity contribution in [1.82, 2.24) is 15.5 Å². The van der Waals surface area contributed by atoms with E-state index in [-0.39, 0.29) is 11.7 Å². The molecule has 138 valence electrons. The Balaban J connectivity index is 1.66. The molecule has 7 nitrogen and oxygen atoms in total. The number of hydrogen-bond acceptors (Lipinski definition) is 5. The molecule has 0 aliphatic heterocycles. The lowest BCUT2D eigenvalue weighted by Crippen LogP contribution is -2.31. The van der Waals surface area contributed by atoms with E-state index in [0.29, 0.717) is 15.8 Å². The van der Waals surface area contributed by atoms with Gasteiger partial charge in [0.1, 0.15) is 0 Å². The fourth-order valence-electron chi connectivity index (χ4n) is 2.66. The number of esters is 1. The number of rotatable bonds is 5. The smallest absolute Gasteiger partial charge is 0.359 e. The largest absolute Gasteiger partial charge is 0.451 e. The minimum atomic E-state index is -0.803. The summed E-state index contributed by atoms with van der Waals surface area (Å²) < 4.78 is 5.04. The molecule has 1 aromatic heterocycles. The molecular formula is C19H16ClN3O4. The molecule has 8 heteroatoms. The fourth-order valence-corrected chi connectivity index (χ4v) is 2.96. The van der Waals surface area contributed by atoms with Gasteiger partial charge in [0.25, 0.3) is 11.5 Å². The zero-order valence-electron chi connectivity index (χ0n) is 14.4. The van der Waals surface area contributed by atoms with Crippen molar-refractivity contribution in [2.75, 3.05) is 6.61 Å². The summed E-state index contributed by atoms with van der Waals surface area (Å²) in [6.07, 6.45) is 0. The maximum absolute atomic E-state index is 12.3. The number of H-pyrrole nitrogens is 1. The molecular weight excluding hydrogens is 370 g/mol. The molecule has 0 radical (unpaired) electrons. The highest BCUT2D eigenvalue weighted by molar-refractivity contribution is 6.31. The number of hydrogen-bond donors (Lipinski definition) is 2. The summed E-state index contributed by atoms with van der Waals surface area (Å²) >= 11 is 6.10. The number of carbonyl (C=O) groups excluding carboxylic acids is 2. The molecule has 3 aromatic rings. The summed E-state index contributed by atoms with van der Waals surface area (Å²) in [4.78, 5) is 36.1. The molecule has 0 saturated carbocycles. The number of benzene rings is 2. The van der Waals surface area contributed by atoms with E-state index in [0.717, 1.165) is 5.56 Å². The van der Waals surface area contributed by atoms with Crippen molar-refractivity contribution >= 4 is 34.2 Å². The van der Waals surface area contributed by atoms with Gasteiger partial charge in [-0.3, -0.25) is 9.59 Å². The molecule has 0 unspecified atom stereocenters. The topological polar surface area (TPSA) is 101 Å². The highest BCUT2D eigenvalue weighted by Gasteiger charge is 2.18. The number of halogens is 1. The van der Waals surface area contributed by atoms with Crippen LogP contribution in [0.1, 0.15) is 29.0 Å². The zero-order chi connectivity index (χ0) is 19.4. The van der Waals surface area contributed by atoms with Gasteiger partial charge in [-0.2, -0.15) is 5.10 Å². The average molecular weight is 386 g/mol. The van der Waals surface area contributed by atoms with E-state index >= 15 is 0 Å². The maximum atomic E-state index is 12.3. The van der Waals surface area contributed by atoms with Crippen LogP contribution in [0.25, 0.3) is 10.8 Å². The Morgan fingerprint density at radius 3 is 2.56 bits per heavy atom. The first-order chi connectivity index (χ1) is 13.0. The van der Waals surface area contributed by atoms with E-state index in [1.54, 1.807) is 49.4 Å². The van der Waals surface area contributed by atoms with Gasteiger partial charge in [-0.1, -0.05) is 48.0 Å². The third-order valence-corrected chi connectivity index (χ3v) is 4.32. The quantitative estimate of drug-likeness (QED) is 0.657. The third kappa shape index (κ3) is 4.15. The summed E-state index contributed by atoms with van der Waals surface area (Å²) in [5.74, 6) is -1.28. The molecule has 2 aromatic carbocycles. The van der Waals surface area contributed by atoms with E-state index in [9.17, 15) is 14.4 Å². The fraction of sp³-hybridized carbons (Fsp3) is 0.158.